The Labute approximate surface area is 116 Å². The Balaban J connectivity index is 3.09. The molecule has 19 heavy (non-hydrogen) atoms. The largest absolute Gasteiger partial charge is 0.496 e. The lowest BCUT2D eigenvalue weighted by atomic mass is 9.72. The van der Waals surface area contributed by atoms with Gasteiger partial charge in [-0.2, -0.15) is 0 Å². The molecule has 0 atom stereocenters. The maximum Gasteiger partial charge on any atom is 0.123 e. The standard InChI is InChI=1S/C16H27NO2/c1-15(2,3)11-16(4,5)13-7-8-14(19-6)12(9-13)10-17-18/h7-9,17-18H,10-11H2,1-6H3. The molecule has 0 radical (unpaired) electrons. The summed E-state index contributed by atoms with van der Waals surface area (Å²) in [5.74, 6) is 0.803. The van der Waals surface area contributed by atoms with Gasteiger partial charge in [0, 0.05) is 12.1 Å². The number of rotatable bonds is 5. The molecule has 1 rings (SSSR count). The fraction of sp³-hybridized carbons (Fsp3) is 0.625. The van der Waals surface area contributed by atoms with Crippen molar-refractivity contribution in [3.8, 4) is 5.75 Å². The number of hydroxylamine groups is 1. The van der Waals surface area contributed by atoms with Crippen molar-refractivity contribution in [3.05, 3.63) is 29.3 Å². The number of hydrogen-bond donors (Lipinski definition) is 2. The van der Waals surface area contributed by atoms with Crippen molar-refractivity contribution in [3.63, 3.8) is 0 Å². The van der Waals surface area contributed by atoms with E-state index in [1.807, 2.05) is 6.07 Å². The van der Waals surface area contributed by atoms with Gasteiger partial charge in [0.1, 0.15) is 5.75 Å². The Bertz CT molecular complexity index is 419. The molecule has 0 spiro atoms. The van der Waals surface area contributed by atoms with Gasteiger partial charge in [-0.3, -0.25) is 0 Å². The van der Waals surface area contributed by atoms with Crippen LogP contribution in [0.3, 0.4) is 0 Å². The predicted octanol–water partition coefficient (Wildman–Crippen LogP) is 3.89. The molecule has 2 N–H and O–H groups in total. The van der Waals surface area contributed by atoms with Crippen LogP contribution in [0.1, 0.15) is 52.2 Å². The second-order valence-electron chi connectivity index (χ2n) is 6.98. The van der Waals surface area contributed by atoms with E-state index >= 15 is 0 Å². The van der Waals surface area contributed by atoms with Gasteiger partial charge in [0.25, 0.3) is 0 Å². The van der Waals surface area contributed by atoms with E-state index in [0.717, 1.165) is 17.7 Å². The van der Waals surface area contributed by atoms with Crippen LogP contribution in [-0.2, 0) is 12.0 Å². The number of ether oxygens (including phenoxy) is 1. The first-order valence-electron chi connectivity index (χ1n) is 6.74. The Morgan fingerprint density at radius 2 is 1.79 bits per heavy atom. The average Bonchev–Trinajstić information content (AvgIpc) is 2.26. The van der Waals surface area contributed by atoms with Crippen molar-refractivity contribution >= 4 is 0 Å². The molecule has 0 saturated heterocycles. The molecule has 0 amide bonds. The summed E-state index contributed by atoms with van der Waals surface area (Å²) in [5.41, 5.74) is 4.82. The molecule has 0 saturated carbocycles. The first-order chi connectivity index (χ1) is 8.69. The van der Waals surface area contributed by atoms with E-state index in [4.69, 9.17) is 9.94 Å². The molecule has 3 heteroatoms. The summed E-state index contributed by atoms with van der Waals surface area (Å²) in [5, 5.41) is 8.91. The normalized spacial score (nSPS) is 12.6. The number of nitrogens with one attached hydrogen (secondary N) is 1. The maximum absolute atomic E-state index is 8.91. The first kappa shape index (κ1) is 16.0. The molecular formula is C16H27NO2. The van der Waals surface area contributed by atoms with Crippen LogP contribution in [0.15, 0.2) is 18.2 Å². The lowest BCUT2D eigenvalue weighted by Crippen LogP contribution is -2.25. The zero-order chi connectivity index (χ0) is 14.7. The summed E-state index contributed by atoms with van der Waals surface area (Å²) in [4.78, 5) is 0. The third kappa shape index (κ3) is 4.51. The maximum atomic E-state index is 8.91. The Kier molecular flexibility index (Phi) is 4.99. The predicted molar refractivity (Wildman–Crippen MR) is 78.7 cm³/mol. The summed E-state index contributed by atoms with van der Waals surface area (Å²) in [6, 6.07) is 6.21. The van der Waals surface area contributed by atoms with Gasteiger partial charge in [-0.05, 0) is 28.9 Å². The minimum Gasteiger partial charge on any atom is -0.496 e. The fourth-order valence-corrected chi connectivity index (χ4v) is 2.85. The Morgan fingerprint density at radius 1 is 1.16 bits per heavy atom. The number of hydrogen-bond acceptors (Lipinski definition) is 3. The zero-order valence-corrected chi connectivity index (χ0v) is 13.0. The van der Waals surface area contributed by atoms with Crippen molar-refractivity contribution < 1.29 is 9.94 Å². The number of methoxy groups -OCH3 is 1. The van der Waals surface area contributed by atoms with Crippen molar-refractivity contribution in [2.75, 3.05) is 7.11 Å². The van der Waals surface area contributed by atoms with Crippen LogP contribution in [0.4, 0.5) is 0 Å². The lowest BCUT2D eigenvalue weighted by Gasteiger charge is -2.33. The zero-order valence-electron chi connectivity index (χ0n) is 13.0. The molecule has 0 unspecified atom stereocenters. The van der Waals surface area contributed by atoms with Crippen molar-refractivity contribution in [2.24, 2.45) is 5.41 Å². The molecule has 0 aliphatic carbocycles. The van der Waals surface area contributed by atoms with E-state index in [1.165, 1.54) is 5.56 Å². The number of benzene rings is 1. The average molecular weight is 265 g/mol. The van der Waals surface area contributed by atoms with E-state index < -0.39 is 0 Å². The van der Waals surface area contributed by atoms with E-state index in [2.05, 4.69) is 52.2 Å². The van der Waals surface area contributed by atoms with E-state index in [1.54, 1.807) is 7.11 Å². The summed E-state index contributed by atoms with van der Waals surface area (Å²) in [7, 11) is 1.65. The highest BCUT2D eigenvalue weighted by atomic mass is 16.5. The second kappa shape index (κ2) is 5.93. The van der Waals surface area contributed by atoms with E-state index in [0.29, 0.717) is 6.54 Å². The summed E-state index contributed by atoms with van der Waals surface area (Å²) in [6.45, 7) is 11.7. The van der Waals surface area contributed by atoms with Crippen LogP contribution in [0.2, 0.25) is 0 Å². The Morgan fingerprint density at radius 3 is 2.26 bits per heavy atom. The van der Waals surface area contributed by atoms with Gasteiger partial charge >= 0.3 is 0 Å². The minimum atomic E-state index is 0.0920. The minimum absolute atomic E-state index is 0.0920. The van der Waals surface area contributed by atoms with Gasteiger partial charge in [-0.15, -0.1) is 0 Å². The van der Waals surface area contributed by atoms with Crippen LogP contribution in [0.5, 0.6) is 5.75 Å². The highest BCUT2D eigenvalue weighted by molar-refractivity contribution is 5.40. The van der Waals surface area contributed by atoms with Gasteiger partial charge in [-0.25, -0.2) is 5.48 Å². The summed E-state index contributed by atoms with van der Waals surface area (Å²) < 4.78 is 5.32. The van der Waals surface area contributed by atoms with Crippen LogP contribution in [-0.4, -0.2) is 12.3 Å². The third-order valence-electron chi connectivity index (χ3n) is 3.30. The molecule has 0 heterocycles. The smallest absolute Gasteiger partial charge is 0.123 e. The summed E-state index contributed by atoms with van der Waals surface area (Å²) in [6.07, 6.45) is 1.10. The van der Waals surface area contributed by atoms with Crippen LogP contribution < -0.4 is 10.2 Å². The van der Waals surface area contributed by atoms with Gasteiger partial charge in [0.2, 0.25) is 0 Å². The molecule has 1 aromatic rings. The highest BCUT2D eigenvalue weighted by Crippen LogP contribution is 2.37. The first-order valence-corrected chi connectivity index (χ1v) is 6.74. The van der Waals surface area contributed by atoms with Gasteiger partial charge in [-0.1, -0.05) is 46.8 Å². The molecule has 0 aliphatic rings. The molecule has 0 fully saturated rings. The van der Waals surface area contributed by atoms with Crippen LogP contribution in [0.25, 0.3) is 0 Å². The van der Waals surface area contributed by atoms with E-state index in [9.17, 15) is 0 Å². The second-order valence-corrected chi connectivity index (χ2v) is 6.98. The van der Waals surface area contributed by atoms with Gasteiger partial charge in [0.15, 0.2) is 0 Å². The molecule has 0 bridgehead atoms. The van der Waals surface area contributed by atoms with Gasteiger partial charge < -0.3 is 9.94 Å². The van der Waals surface area contributed by atoms with Crippen molar-refractivity contribution in [2.45, 2.75) is 53.0 Å². The van der Waals surface area contributed by atoms with Gasteiger partial charge in [0.05, 0.1) is 7.11 Å². The molecule has 108 valence electrons. The molecule has 3 nitrogen and oxygen atoms in total. The van der Waals surface area contributed by atoms with Crippen molar-refractivity contribution in [1.82, 2.24) is 5.48 Å². The third-order valence-corrected chi connectivity index (χ3v) is 3.30. The molecule has 1 aromatic carbocycles. The topological polar surface area (TPSA) is 41.5 Å². The molecular weight excluding hydrogens is 238 g/mol. The lowest BCUT2D eigenvalue weighted by molar-refractivity contribution is 0.160. The van der Waals surface area contributed by atoms with Crippen LogP contribution in [0, 0.1) is 5.41 Å². The Hall–Kier alpha value is -1.06. The molecule has 0 aromatic heterocycles. The summed E-state index contributed by atoms with van der Waals surface area (Å²) >= 11 is 0. The van der Waals surface area contributed by atoms with E-state index in [-0.39, 0.29) is 10.8 Å². The van der Waals surface area contributed by atoms with Crippen LogP contribution >= 0.6 is 0 Å². The van der Waals surface area contributed by atoms with Crippen molar-refractivity contribution in [1.29, 1.82) is 0 Å². The quantitative estimate of drug-likeness (QED) is 0.794. The highest BCUT2D eigenvalue weighted by Gasteiger charge is 2.27. The molecule has 0 aliphatic heterocycles. The fourth-order valence-electron chi connectivity index (χ4n) is 2.85. The SMILES string of the molecule is COc1ccc(C(C)(C)CC(C)(C)C)cc1CNO. The monoisotopic (exact) mass is 265 g/mol.